The van der Waals surface area contributed by atoms with E-state index in [1.54, 1.807) is 0 Å². The highest BCUT2D eigenvalue weighted by atomic mass is 16.5. The van der Waals surface area contributed by atoms with Crippen LogP contribution < -0.4 is 5.73 Å². The minimum absolute atomic E-state index is 0.0188. The molecule has 0 radical (unpaired) electrons. The summed E-state index contributed by atoms with van der Waals surface area (Å²) in [6.45, 7) is 4.22. The van der Waals surface area contributed by atoms with Crippen LogP contribution in [0.3, 0.4) is 0 Å². The first-order valence-electron chi connectivity index (χ1n) is 4.73. The number of hydrogen-bond acceptors (Lipinski definition) is 4. The molecule has 13 heavy (non-hydrogen) atoms. The predicted molar refractivity (Wildman–Crippen MR) is 51.5 cm³/mol. The summed E-state index contributed by atoms with van der Waals surface area (Å²) < 4.78 is 5.28. The number of nitrogens with two attached hydrogens (primary N) is 1. The molecular weight excluding hydrogens is 168 g/mol. The molecule has 78 valence electrons. The van der Waals surface area contributed by atoms with Crippen molar-refractivity contribution in [2.75, 3.05) is 33.4 Å². The summed E-state index contributed by atoms with van der Waals surface area (Å²) in [4.78, 5) is 2.17. The van der Waals surface area contributed by atoms with Crippen LogP contribution in [0.5, 0.6) is 0 Å². The highest BCUT2D eigenvalue weighted by Crippen LogP contribution is 2.12. The van der Waals surface area contributed by atoms with Gasteiger partial charge in [-0.3, -0.25) is 4.90 Å². The van der Waals surface area contributed by atoms with E-state index in [9.17, 15) is 0 Å². The standard InChI is InChI=1S/C9H20N2O2/c1-9(10,7-12)6-11(2)8-3-4-13-5-8/h8,12H,3-7,10H2,1-2H3. The lowest BCUT2D eigenvalue weighted by Gasteiger charge is -2.31. The summed E-state index contributed by atoms with van der Waals surface area (Å²) in [5.74, 6) is 0. The van der Waals surface area contributed by atoms with E-state index in [4.69, 9.17) is 15.6 Å². The number of likely N-dealkylation sites (N-methyl/N-ethyl adjacent to an activating group) is 1. The van der Waals surface area contributed by atoms with E-state index < -0.39 is 5.54 Å². The van der Waals surface area contributed by atoms with Crippen LogP contribution in [-0.4, -0.2) is 55.0 Å². The summed E-state index contributed by atoms with van der Waals surface area (Å²) in [5.41, 5.74) is 5.35. The fourth-order valence-corrected chi connectivity index (χ4v) is 1.62. The van der Waals surface area contributed by atoms with E-state index in [2.05, 4.69) is 4.90 Å². The van der Waals surface area contributed by atoms with Crippen LogP contribution in [0.1, 0.15) is 13.3 Å². The highest BCUT2D eigenvalue weighted by Gasteiger charge is 2.26. The lowest BCUT2D eigenvalue weighted by Crippen LogP contribution is -2.52. The molecule has 1 heterocycles. The maximum absolute atomic E-state index is 9.00. The molecule has 1 rings (SSSR count). The molecule has 0 spiro atoms. The Hall–Kier alpha value is -0.160. The summed E-state index contributed by atoms with van der Waals surface area (Å²) in [6, 6.07) is 0.467. The predicted octanol–water partition coefficient (Wildman–Crippen LogP) is -0.583. The molecule has 1 aliphatic rings. The van der Waals surface area contributed by atoms with Gasteiger partial charge in [-0.2, -0.15) is 0 Å². The summed E-state index contributed by atoms with van der Waals surface area (Å²) in [7, 11) is 2.03. The minimum Gasteiger partial charge on any atom is -0.394 e. The monoisotopic (exact) mass is 188 g/mol. The zero-order valence-corrected chi connectivity index (χ0v) is 8.49. The average molecular weight is 188 g/mol. The van der Waals surface area contributed by atoms with Crippen LogP contribution in [0, 0.1) is 0 Å². The first-order chi connectivity index (χ1) is 6.05. The van der Waals surface area contributed by atoms with Crippen molar-refractivity contribution >= 4 is 0 Å². The van der Waals surface area contributed by atoms with Gasteiger partial charge in [-0.25, -0.2) is 0 Å². The fourth-order valence-electron chi connectivity index (χ4n) is 1.62. The summed E-state index contributed by atoms with van der Waals surface area (Å²) in [5, 5.41) is 9.00. The quantitative estimate of drug-likeness (QED) is 0.619. The van der Waals surface area contributed by atoms with Gasteiger partial charge in [0.1, 0.15) is 0 Å². The van der Waals surface area contributed by atoms with Crippen molar-refractivity contribution in [3.05, 3.63) is 0 Å². The van der Waals surface area contributed by atoms with Crippen LogP contribution in [0.4, 0.5) is 0 Å². The molecular formula is C9H20N2O2. The molecule has 2 unspecified atom stereocenters. The van der Waals surface area contributed by atoms with Crippen molar-refractivity contribution in [1.29, 1.82) is 0 Å². The van der Waals surface area contributed by atoms with Crippen LogP contribution in [0.15, 0.2) is 0 Å². The average Bonchev–Trinajstić information content (AvgIpc) is 2.55. The largest absolute Gasteiger partial charge is 0.394 e. The summed E-state index contributed by atoms with van der Waals surface area (Å²) in [6.07, 6.45) is 1.07. The second-order valence-corrected chi connectivity index (χ2v) is 4.24. The van der Waals surface area contributed by atoms with E-state index in [1.807, 2.05) is 14.0 Å². The van der Waals surface area contributed by atoms with Crippen molar-refractivity contribution in [3.63, 3.8) is 0 Å². The molecule has 1 aliphatic heterocycles. The Morgan fingerprint density at radius 3 is 2.85 bits per heavy atom. The van der Waals surface area contributed by atoms with Gasteiger partial charge in [-0.1, -0.05) is 0 Å². The normalized spacial score (nSPS) is 27.9. The van der Waals surface area contributed by atoms with Crippen molar-refractivity contribution in [1.82, 2.24) is 4.90 Å². The molecule has 4 heteroatoms. The molecule has 0 bridgehead atoms. The number of aliphatic hydroxyl groups is 1. The Kier molecular flexibility index (Phi) is 3.67. The third kappa shape index (κ3) is 3.23. The molecule has 1 saturated heterocycles. The zero-order chi connectivity index (χ0) is 9.90. The number of aliphatic hydroxyl groups excluding tert-OH is 1. The smallest absolute Gasteiger partial charge is 0.0622 e. The third-order valence-electron chi connectivity index (χ3n) is 2.50. The second kappa shape index (κ2) is 4.37. The van der Waals surface area contributed by atoms with Crippen molar-refractivity contribution in [3.8, 4) is 0 Å². The lowest BCUT2D eigenvalue weighted by molar-refractivity contribution is 0.120. The van der Waals surface area contributed by atoms with Gasteiger partial charge in [0.25, 0.3) is 0 Å². The Balaban J connectivity index is 2.35. The number of rotatable bonds is 4. The number of hydrogen-bond donors (Lipinski definition) is 2. The SMILES string of the molecule is CN(CC(C)(N)CO)C1CCOC1. The molecule has 2 atom stereocenters. The fraction of sp³-hybridized carbons (Fsp3) is 1.00. The highest BCUT2D eigenvalue weighted by molar-refractivity contribution is 4.84. The maximum atomic E-state index is 9.00. The summed E-state index contributed by atoms with van der Waals surface area (Å²) >= 11 is 0. The van der Waals surface area contributed by atoms with Crippen LogP contribution in [-0.2, 0) is 4.74 Å². The molecule has 0 aromatic heterocycles. The van der Waals surface area contributed by atoms with Crippen LogP contribution in [0.25, 0.3) is 0 Å². The molecule has 0 amide bonds. The van der Waals surface area contributed by atoms with E-state index >= 15 is 0 Å². The topological polar surface area (TPSA) is 58.7 Å². The zero-order valence-electron chi connectivity index (χ0n) is 8.49. The molecule has 0 aliphatic carbocycles. The van der Waals surface area contributed by atoms with Gasteiger partial charge >= 0.3 is 0 Å². The Morgan fingerprint density at radius 1 is 1.69 bits per heavy atom. The third-order valence-corrected chi connectivity index (χ3v) is 2.50. The molecule has 0 aromatic rings. The van der Waals surface area contributed by atoms with Gasteiger partial charge < -0.3 is 15.6 Å². The van der Waals surface area contributed by atoms with Crippen molar-refractivity contribution in [2.24, 2.45) is 5.73 Å². The van der Waals surface area contributed by atoms with E-state index in [0.717, 1.165) is 19.6 Å². The van der Waals surface area contributed by atoms with Gasteiger partial charge in [-0.05, 0) is 20.4 Å². The number of ether oxygens (including phenoxy) is 1. The van der Waals surface area contributed by atoms with E-state index in [0.29, 0.717) is 12.6 Å². The first kappa shape index (κ1) is 10.9. The van der Waals surface area contributed by atoms with Gasteiger partial charge in [0.15, 0.2) is 0 Å². The minimum atomic E-state index is -0.503. The second-order valence-electron chi connectivity index (χ2n) is 4.24. The molecule has 3 N–H and O–H groups in total. The Bertz CT molecular complexity index is 156. The van der Waals surface area contributed by atoms with Crippen LogP contribution in [0.2, 0.25) is 0 Å². The molecule has 1 fully saturated rings. The van der Waals surface area contributed by atoms with E-state index in [1.165, 1.54) is 0 Å². The molecule has 0 saturated carbocycles. The first-order valence-corrected chi connectivity index (χ1v) is 4.73. The Labute approximate surface area is 79.7 Å². The maximum Gasteiger partial charge on any atom is 0.0622 e. The molecule has 0 aromatic carbocycles. The van der Waals surface area contributed by atoms with E-state index in [-0.39, 0.29) is 6.61 Å². The van der Waals surface area contributed by atoms with Gasteiger partial charge in [0.2, 0.25) is 0 Å². The van der Waals surface area contributed by atoms with Crippen LogP contribution >= 0.6 is 0 Å². The van der Waals surface area contributed by atoms with Crippen molar-refractivity contribution < 1.29 is 9.84 Å². The van der Waals surface area contributed by atoms with Gasteiger partial charge in [-0.15, -0.1) is 0 Å². The van der Waals surface area contributed by atoms with Crippen molar-refractivity contribution in [2.45, 2.75) is 24.9 Å². The molecule has 4 nitrogen and oxygen atoms in total. The Morgan fingerprint density at radius 2 is 2.38 bits per heavy atom. The lowest BCUT2D eigenvalue weighted by atomic mass is 10.0. The number of nitrogens with zero attached hydrogens (tertiary/aromatic N) is 1. The van der Waals surface area contributed by atoms with Gasteiger partial charge in [0.05, 0.1) is 13.2 Å². The van der Waals surface area contributed by atoms with Gasteiger partial charge in [0, 0.05) is 24.7 Å².